The molecule has 0 aliphatic heterocycles. The second kappa shape index (κ2) is 5.50. The summed E-state index contributed by atoms with van der Waals surface area (Å²) >= 11 is 3.38. The van der Waals surface area contributed by atoms with Gasteiger partial charge in [0.25, 0.3) is 0 Å². The van der Waals surface area contributed by atoms with Crippen LogP contribution in [0.4, 0.5) is 4.39 Å². The Bertz CT molecular complexity index is 572. The van der Waals surface area contributed by atoms with Crippen LogP contribution in [-0.4, -0.2) is 0 Å². The van der Waals surface area contributed by atoms with Crippen LogP contribution >= 0.6 is 15.9 Å². The number of halogens is 2. The summed E-state index contributed by atoms with van der Waals surface area (Å²) in [5.41, 5.74) is 7.19. The van der Waals surface area contributed by atoms with Gasteiger partial charge in [0.2, 0.25) is 0 Å². The maximum absolute atomic E-state index is 13.4. The van der Waals surface area contributed by atoms with E-state index in [1.807, 2.05) is 25.1 Å². The fraction of sp³-hybridized carbons (Fsp3) is 0.143. The molecule has 4 heteroatoms. The Morgan fingerprint density at radius 2 is 2.00 bits per heavy atom. The number of hydrogen-bond donors (Lipinski definition) is 1. The van der Waals surface area contributed by atoms with E-state index >= 15 is 0 Å². The summed E-state index contributed by atoms with van der Waals surface area (Å²) < 4.78 is 20.0. The van der Waals surface area contributed by atoms with E-state index in [4.69, 9.17) is 10.5 Å². The first-order valence-corrected chi connectivity index (χ1v) is 6.31. The van der Waals surface area contributed by atoms with E-state index in [1.54, 1.807) is 6.07 Å². The van der Waals surface area contributed by atoms with Crippen molar-refractivity contribution in [3.63, 3.8) is 0 Å². The smallest absolute Gasteiger partial charge is 0.131 e. The molecule has 2 N–H and O–H groups in total. The summed E-state index contributed by atoms with van der Waals surface area (Å²) in [6.45, 7) is 2.22. The van der Waals surface area contributed by atoms with Crippen LogP contribution in [0.2, 0.25) is 0 Å². The highest BCUT2D eigenvalue weighted by Gasteiger charge is 2.05. The fourth-order valence-corrected chi connectivity index (χ4v) is 1.95. The third-order valence-electron chi connectivity index (χ3n) is 2.54. The van der Waals surface area contributed by atoms with Gasteiger partial charge in [0.05, 0.1) is 0 Å². The van der Waals surface area contributed by atoms with Crippen LogP contribution in [0, 0.1) is 12.7 Å². The number of nitrogens with two attached hydrogens (primary N) is 1. The Morgan fingerprint density at radius 3 is 2.72 bits per heavy atom. The normalized spacial score (nSPS) is 10.4. The summed E-state index contributed by atoms with van der Waals surface area (Å²) in [7, 11) is 0. The second-order valence-corrected chi connectivity index (χ2v) is 4.93. The molecule has 0 saturated heterocycles. The lowest BCUT2D eigenvalue weighted by molar-refractivity contribution is 0.472. The Kier molecular flexibility index (Phi) is 3.99. The summed E-state index contributed by atoms with van der Waals surface area (Å²) in [6, 6.07) is 10.2. The van der Waals surface area contributed by atoms with E-state index in [0.29, 0.717) is 17.1 Å². The highest BCUT2D eigenvalue weighted by Crippen LogP contribution is 2.29. The molecule has 18 heavy (non-hydrogen) atoms. The van der Waals surface area contributed by atoms with Gasteiger partial charge < -0.3 is 10.5 Å². The van der Waals surface area contributed by atoms with Crippen LogP contribution in [0.15, 0.2) is 40.9 Å². The van der Waals surface area contributed by atoms with Crippen molar-refractivity contribution in [1.82, 2.24) is 0 Å². The van der Waals surface area contributed by atoms with E-state index in [9.17, 15) is 4.39 Å². The minimum atomic E-state index is -0.347. The van der Waals surface area contributed by atoms with Gasteiger partial charge in [-0.1, -0.05) is 22.0 Å². The molecule has 0 aliphatic carbocycles. The molecule has 2 rings (SSSR count). The maximum Gasteiger partial charge on any atom is 0.131 e. The lowest BCUT2D eigenvalue weighted by Crippen LogP contribution is -1.98. The molecule has 0 radical (unpaired) electrons. The molecule has 0 heterocycles. The maximum atomic E-state index is 13.4. The summed E-state index contributed by atoms with van der Waals surface area (Å²) in [4.78, 5) is 0. The van der Waals surface area contributed by atoms with Gasteiger partial charge in [0.15, 0.2) is 0 Å². The van der Waals surface area contributed by atoms with Crippen molar-refractivity contribution in [3.05, 3.63) is 57.8 Å². The van der Waals surface area contributed by atoms with Crippen LogP contribution in [0.25, 0.3) is 0 Å². The van der Waals surface area contributed by atoms with Gasteiger partial charge in [-0.2, -0.15) is 0 Å². The Morgan fingerprint density at radius 1 is 1.22 bits per heavy atom. The van der Waals surface area contributed by atoms with Gasteiger partial charge in [-0.25, -0.2) is 4.39 Å². The minimum absolute atomic E-state index is 0.283. The number of aryl methyl sites for hydroxylation is 1. The lowest BCUT2D eigenvalue weighted by Gasteiger charge is -2.10. The van der Waals surface area contributed by atoms with Crippen molar-refractivity contribution in [1.29, 1.82) is 0 Å². The third kappa shape index (κ3) is 3.09. The number of hydrogen-bond acceptors (Lipinski definition) is 2. The van der Waals surface area contributed by atoms with Gasteiger partial charge in [-0.15, -0.1) is 0 Å². The first-order valence-electron chi connectivity index (χ1n) is 5.52. The topological polar surface area (TPSA) is 35.2 Å². The largest absolute Gasteiger partial charge is 0.457 e. The molecule has 0 bridgehead atoms. The third-order valence-corrected chi connectivity index (χ3v) is 3.04. The van der Waals surface area contributed by atoms with Crippen LogP contribution in [0.3, 0.4) is 0 Å². The van der Waals surface area contributed by atoms with Crippen molar-refractivity contribution >= 4 is 15.9 Å². The summed E-state index contributed by atoms with van der Waals surface area (Å²) in [5.74, 6) is 0.801. The molecule has 0 atom stereocenters. The quantitative estimate of drug-likeness (QED) is 0.924. The zero-order chi connectivity index (χ0) is 13.1. The Hall–Kier alpha value is -1.39. The number of ether oxygens (including phenoxy) is 1. The standard InChI is InChI=1S/C14H13BrFNO/c1-9-2-3-11(15)6-14(9)18-13-5-10(8-17)4-12(16)7-13/h2-7H,8,17H2,1H3. The van der Waals surface area contributed by atoms with Gasteiger partial charge in [-0.3, -0.25) is 0 Å². The summed E-state index contributed by atoms with van der Waals surface area (Å²) in [6.07, 6.45) is 0. The average molecular weight is 310 g/mol. The zero-order valence-corrected chi connectivity index (χ0v) is 11.5. The second-order valence-electron chi connectivity index (χ2n) is 4.01. The lowest BCUT2D eigenvalue weighted by atomic mass is 10.2. The Balaban J connectivity index is 2.33. The molecule has 2 aromatic carbocycles. The highest BCUT2D eigenvalue weighted by molar-refractivity contribution is 9.10. The zero-order valence-electron chi connectivity index (χ0n) is 9.91. The van der Waals surface area contributed by atoms with Crippen LogP contribution < -0.4 is 10.5 Å². The van der Waals surface area contributed by atoms with E-state index in [-0.39, 0.29) is 12.4 Å². The molecule has 2 nitrogen and oxygen atoms in total. The SMILES string of the molecule is Cc1ccc(Br)cc1Oc1cc(F)cc(CN)c1. The van der Waals surface area contributed by atoms with E-state index in [2.05, 4.69) is 15.9 Å². The van der Waals surface area contributed by atoms with Gasteiger partial charge in [0.1, 0.15) is 17.3 Å². The fourth-order valence-electron chi connectivity index (χ4n) is 1.61. The van der Waals surface area contributed by atoms with Crippen molar-refractivity contribution in [2.75, 3.05) is 0 Å². The van der Waals surface area contributed by atoms with Gasteiger partial charge in [-0.05, 0) is 42.3 Å². The molecule has 94 valence electrons. The molecule has 0 spiro atoms. The molecule has 0 aliphatic rings. The molecular formula is C14H13BrFNO. The predicted molar refractivity (Wildman–Crippen MR) is 73.2 cm³/mol. The van der Waals surface area contributed by atoms with Crippen LogP contribution in [0.5, 0.6) is 11.5 Å². The minimum Gasteiger partial charge on any atom is -0.457 e. The van der Waals surface area contributed by atoms with E-state index in [0.717, 1.165) is 10.0 Å². The molecule has 0 fully saturated rings. The van der Waals surface area contributed by atoms with Crippen LogP contribution in [-0.2, 0) is 6.54 Å². The first kappa shape index (κ1) is 13.1. The Labute approximate surface area is 114 Å². The van der Waals surface area contributed by atoms with Crippen molar-refractivity contribution in [2.45, 2.75) is 13.5 Å². The number of rotatable bonds is 3. The van der Waals surface area contributed by atoms with E-state index < -0.39 is 0 Å². The predicted octanol–water partition coefficient (Wildman–Crippen LogP) is 4.15. The molecule has 0 unspecified atom stereocenters. The molecule has 0 amide bonds. The molecule has 0 saturated carbocycles. The summed E-state index contributed by atoms with van der Waals surface area (Å²) in [5, 5.41) is 0. The van der Waals surface area contributed by atoms with Crippen molar-refractivity contribution < 1.29 is 9.13 Å². The van der Waals surface area contributed by atoms with E-state index in [1.165, 1.54) is 12.1 Å². The highest BCUT2D eigenvalue weighted by atomic mass is 79.9. The van der Waals surface area contributed by atoms with Gasteiger partial charge in [0, 0.05) is 17.1 Å². The molecule has 2 aromatic rings. The number of benzene rings is 2. The first-order chi connectivity index (χ1) is 8.58. The average Bonchev–Trinajstić information content (AvgIpc) is 2.33. The van der Waals surface area contributed by atoms with Crippen molar-refractivity contribution in [3.8, 4) is 11.5 Å². The molecular weight excluding hydrogens is 297 g/mol. The van der Waals surface area contributed by atoms with Crippen molar-refractivity contribution in [2.24, 2.45) is 5.73 Å². The van der Waals surface area contributed by atoms with Crippen LogP contribution in [0.1, 0.15) is 11.1 Å². The molecule has 0 aromatic heterocycles. The van der Waals surface area contributed by atoms with Gasteiger partial charge >= 0.3 is 0 Å². The monoisotopic (exact) mass is 309 g/mol.